The van der Waals surface area contributed by atoms with Gasteiger partial charge in [-0.15, -0.1) is 11.3 Å². The molecule has 4 rings (SSSR count). The molecule has 13 heteroatoms. The average Bonchev–Trinajstić information content (AvgIpc) is 3.46. The number of hydrogen-bond donors (Lipinski definition) is 2. The monoisotopic (exact) mass is 476 g/mol. The molecular formula is C19H23F3N4O5S. The van der Waals surface area contributed by atoms with Crippen LogP contribution in [0.1, 0.15) is 27.0 Å². The van der Waals surface area contributed by atoms with Crippen LogP contribution in [-0.2, 0) is 16.1 Å². The maximum Gasteiger partial charge on any atom is 0.490 e. The van der Waals surface area contributed by atoms with Gasteiger partial charge in [0.1, 0.15) is 11.5 Å². The first-order valence-corrected chi connectivity index (χ1v) is 10.7. The highest BCUT2D eigenvalue weighted by atomic mass is 32.1. The molecule has 2 N–H and O–H groups in total. The number of amides is 1. The van der Waals surface area contributed by atoms with E-state index < -0.39 is 12.1 Å². The van der Waals surface area contributed by atoms with Gasteiger partial charge < -0.3 is 19.7 Å². The second-order valence-corrected chi connectivity index (χ2v) is 8.75. The van der Waals surface area contributed by atoms with Crippen LogP contribution in [0, 0.1) is 25.7 Å². The van der Waals surface area contributed by atoms with Gasteiger partial charge in [-0.25, -0.2) is 9.78 Å². The number of aliphatic carboxylic acids is 1. The lowest BCUT2D eigenvalue weighted by molar-refractivity contribution is -0.192. The number of carbonyl (C=O) groups excluding carboxylic acids is 1. The molecule has 0 aliphatic carbocycles. The van der Waals surface area contributed by atoms with Gasteiger partial charge in [0.05, 0.1) is 23.4 Å². The van der Waals surface area contributed by atoms with Gasteiger partial charge in [0.2, 0.25) is 0 Å². The van der Waals surface area contributed by atoms with Crippen molar-refractivity contribution in [1.29, 1.82) is 0 Å². The minimum atomic E-state index is -5.08. The van der Waals surface area contributed by atoms with Crippen LogP contribution < -0.4 is 5.32 Å². The Morgan fingerprint density at radius 3 is 2.62 bits per heavy atom. The number of ether oxygens (including phenoxy) is 1. The van der Waals surface area contributed by atoms with Crippen molar-refractivity contribution in [1.82, 2.24) is 20.4 Å². The summed E-state index contributed by atoms with van der Waals surface area (Å²) in [4.78, 5) is 27.7. The number of nitrogens with zero attached hydrogens (tertiary/aromatic N) is 3. The predicted octanol–water partition coefficient (Wildman–Crippen LogP) is 2.26. The highest BCUT2D eigenvalue weighted by Crippen LogP contribution is 2.34. The Hall–Kier alpha value is -2.51. The molecule has 1 amide bonds. The van der Waals surface area contributed by atoms with Crippen molar-refractivity contribution in [3.8, 4) is 0 Å². The number of halogens is 3. The lowest BCUT2D eigenvalue weighted by Gasteiger charge is -2.19. The van der Waals surface area contributed by atoms with Crippen molar-refractivity contribution in [2.24, 2.45) is 11.8 Å². The number of aromatic nitrogens is 2. The Kier molecular flexibility index (Phi) is 7.51. The average molecular weight is 476 g/mol. The molecule has 32 heavy (non-hydrogen) atoms. The summed E-state index contributed by atoms with van der Waals surface area (Å²) < 4.78 is 42.8. The van der Waals surface area contributed by atoms with E-state index in [2.05, 4.69) is 20.4 Å². The van der Waals surface area contributed by atoms with Gasteiger partial charge >= 0.3 is 12.1 Å². The quantitative estimate of drug-likeness (QED) is 0.675. The van der Waals surface area contributed by atoms with E-state index in [-0.39, 0.29) is 12.0 Å². The number of carbonyl (C=O) groups is 2. The highest BCUT2D eigenvalue weighted by molar-refractivity contribution is 7.09. The van der Waals surface area contributed by atoms with Crippen molar-refractivity contribution in [2.75, 3.05) is 26.2 Å². The minimum Gasteiger partial charge on any atom is -0.475 e. The van der Waals surface area contributed by atoms with E-state index in [0.29, 0.717) is 30.7 Å². The molecule has 0 radical (unpaired) electrons. The van der Waals surface area contributed by atoms with Crippen LogP contribution in [0.2, 0.25) is 0 Å². The zero-order valence-corrected chi connectivity index (χ0v) is 18.2. The fraction of sp³-hybridized carbons (Fsp3) is 0.579. The van der Waals surface area contributed by atoms with Crippen LogP contribution in [-0.4, -0.2) is 70.5 Å². The Morgan fingerprint density at radius 2 is 2.06 bits per heavy atom. The van der Waals surface area contributed by atoms with Gasteiger partial charge in [0, 0.05) is 49.5 Å². The van der Waals surface area contributed by atoms with E-state index in [1.165, 1.54) is 11.3 Å². The summed E-state index contributed by atoms with van der Waals surface area (Å²) in [6.45, 7) is 7.81. The first-order chi connectivity index (χ1) is 15.0. The van der Waals surface area contributed by atoms with Gasteiger partial charge in [-0.2, -0.15) is 13.2 Å². The highest BCUT2D eigenvalue weighted by Gasteiger charge is 2.43. The van der Waals surface area contributed by atoms with Crippen molar-refractivity contribution >= 4 is 23.2 Å². The Labute approximate surface area is 185 Å². The fourth-order valence-corrected chi connectivity index (χ4v) is 4.32. The van der Waals surface area contributed by atoms with E-state index in [0.717, 1.165) is 36.1 Å². The number of aryl methyl sites for hydroxylation is 2. The summed E-state index contributed by atoms with van der Waals surface area (Å²) in [5.74, 6) is -1.22. The number of fused-ring (bicyclic) bond motifs is 1. The lowest BCUT2D eigenvalue weighted by Crippen LogP contribution is -2.34. The third-order valence-electron chi connectivity index (χ3n) is 5.20. The largest absolute Gasteiger partial charge is 0.490 e. The third-order valence-corrected chi connectivity index (χ3v) is 5.97. The van der Waals surface area contributed by atoms with Crippen LogP contribution >= 0.6 is 11.3 Å². The summed E-state index contributed by atoms with van der Waals surface area (Å²) >= 11 is 1.49. The summed E-state index contributed by atoms with van der Waals surface area (Å²) in [7, 11) is 0. The van der Waals surface area contributed by atoms with E-state index in [4.69, 9.17) is 19.2 Å². The molecule has 0 spiro atoms. The van der Waals surface area contributed by atoms with Gasteiger partial charge in [0.25, 0.3) is 5.91 Å². The fourth-order valence-electron chi connectivity index (χ4n) is 3.72. The van der Waals surface area contributed by atoms with Crippen molar-refractivity contribution in [3.05, 3.63) is 33.6 Å². The Balaban J connectivity index is 0.000000360. The normalized spacial score (nSPS) is 22.8. The standard InChI is InChI=1S/C17H22N4O3S.C2HF3O2/c1-10-3-13(20-24-10)5-21-6-14-12(8-23-16(14)7-21)4-18-17(22)15-9-25-11(2)19-15;3-2(4,5)1(6)7/h3,9,12,14,16H,4-8H2,1-2H3,(H,18,22);(H,6,7)/t12-,14+,16+;/m0./s1. The van der Waals surface area contributed by atoms with Crippen LogP contribution in [0.25, 0.3) is 0 Å². The predicted molar refractivity (Wildman–Crippen MR) is 106 cm³/mol. The first-order valence-electron chi connectivity index (χ1n) is 9.79. The number of thiazole rings is 1. The number of likely N-dealkylation sites (tertiary alicyclic amines) is 1. The molecule has 3 atom stereocenters. The van der Waals surface area contributed by atoms with Crippen molar-refractivity contribution in [3.63, 3.8) is 0 Å². The van der Waals surface area contributed by atoms with Gasteiger partial charge in [-0.3, -0.25) is 9.69 Å². The minimum absolute atomic E-state index is 0.0966. The van der Waals surface area contributed by atoms with Gasteiger partial charge in [-0.05, 0) is 13.8 Å². The van der Waals surface area contributed by atoms with E-state index in [9.17, 15) is 18.0 Å². The van der Waals surface area contributed by atoms with Crippen molar-refractivity contribution < 1.29 is 37.1 Å². The third kappa shape index (κ3) is 6.26. The van der Waals surface area contributed by atoms with E-state index in [1.54, 1.807) is 5.38 Å². The molecule has 2 aliphatic heterocycles. The zero-order chi connectivity index (χ0) is 23.5. The maximum absolute atomic E-state index is 12.2. The molecule has 4 heterocycles. The molecule has 0 aromatic carbocycles. The Bertz CT molecular complexity index is 948. The summed E-state index contributed by atoms with van der Waals surface area (Å²) in [5.41, 5.74) is 1.47. The van der Waals surface area contributed by atoms with Crippen molar-refractivity contribution in [2.45, 2.75) is 32.7 Å². The SMILES string of the molecule is Cc1cc(CN2C[C@@H]3[C@@H](CNC(=O)c4csc(C)n4)CO[C@@H]3C2)no1.O=C(O)C(F)(F)F. The van der Waals surface area contributed by atoms with Crippen LogP contribution in [0.4, 0.5) is 13.2 Å². The number of carboxylic acid groups (broad SMARTS) is 1. The lowest BCUT2D eigenvalue weighted by atomic mass is 9.93. The first kappa shape index (κ1) is 24.1. The number of rotatable bonds is 5. The van der Waals surface area contributed by atoms with Gasteiger partial charge in [0.15, 0.2) is 0 Å². The molecular weight excluding hydrogens is 453 g/mol. The van der Waals surface area contributed by atoms with Crippen LogP contribution in [0.5, 0.6) is 0 Å². The molecule has 2 fully saturated rings. The Morgan fingerprint density at radius 1 is 1.34 bits per heavy atom. The molecule has 2 aromatic rings. The van der Waals surface area contributed by atoms with E-state index in [1.807, 2.05) is 19.9 Å². The van der Waals surface area contributed by atoms with Crippen LogP contribution in [0.3, 0.4) is 0 Å². The molecule has 2 saturated heterocycles. The van der Waals surface area contributed by atoms with E-state index >= 15 is 0 Å². The zero-order valence-electron chi connectivity index (χ0n) is 17.4. The maximum atomic E-state index is 12.2. The molecule has 9 nitrogen and oxygen atoms in total. The summed E-state index contributed by atoms with van der Waals surface area (Å²) in [5, 5.41) is 16.9. The number of nitrogens with one attached hydrogen (secondary N) is 1. The molecule has 0 saturated carbocycles. The second kappa shape index (κ2) is 9.96. The van der Waals surface area contributed by atoms with Gasteiger partial charge in [-0.1, -0.05) is 5.16 Å². The molecule has 2 aromatic heterocycles. The second-order valence-electron chi connectivity index (χ2n) is 7.68. The molecule has 0 unspecified atom stereocenters. The number of carboxylic acids is 1. The molecule has 176 valence electrons. The van der Waals surface area contributed by atoms with Crippen LogP contribution in [0.15, 0.2) is 16.0 Å². The molecule has 2 aliphatic rings. The topological polar surface area (TPSA) is 118 Å². The number of alkyl halides is 3. The number of hydrogen-bond acceptors (Lipinski definition) is 8. The smallest absolute Gasteiger partial charge is 0.475 e. The molecule has 0 bridgehead atoms. The summed E-state index contributed by atoms with van der Waals surface area (Å²) in [6.07, 6.45) is -4.84. The summed E-state index contributed by atoms with van der Waals surface area (Å²) in [6, 6.07) is 1.97.